The van der Waals surface area contributed by atoms with Gasteiger partial charge in [-0.25, -0.2) is 4.39 Å². The lowest BCUT2D eigenvalue weighted by atomic mass is 9.94. The van der Waals surface area contributed by atoms with E-state index in [0.29, 0.717) is 0 Å². The summed E-state index contributed by atoms with van der Waals surface area (Å²) < 4.78 is 14.4. The molecular weight excluding hydrogens is 317 g/mol. The van der Waals surface area contributed by atoms with Crippen LogP contribution in [-0.2, 0) is 6.42 Å². The van der Waals surface area contributed by atoms with Crippen molar-refractivity contribution >= 4 is 15.9 Å². The first-order chi connectivity index (χ1) is 9.51. The van der Waals surface area contributed by atoms with Crippen molar-refractivity contribution in [1.82, 2.24) is 5.32 Å². The van der Waals surface area contributed by atoms with Gasteiger partial charge >= 0.3 is 0 Å². The van der Waals surface area contributed by atoms with Gasteiger partial charge in [-0.3, -0.25) is 0 Å². The molecule has 0 saturated carbocycles. The van der Waals surface area contributed by atoms with Crippen LogP contribution in [0.2, 0.25) is 0 Å². The minimum Gasteiger partial charge on any atom is -0.313 e. The molecule has 0 radical (unpaired) electrons. The molecule has 1 unspecified atom stereocenters. The maximum atomic E-state index is 13.3. The van der Waals surface area contributed by atoms with Crippen LogP contribution in [0.15, 0.2) is 40.9 Å². The average Bonchev–Trinajstić information content (AvgIpc) is 2.40. The van der Waals surface area contributed by atoms with E-state index in [-0.39, 0.29) is 11.9 Å². The summed E-state index contributed by atoms with van der Waals surface area (Å²) in [6.07, 6.45) is 0.774. The van der Waals surface area contributed by atoms with Gasteiger partial charge in [0.15, 0.2) is 0 Å². The minimum absolute atomic E-state index is 0.180. The Labute approximate surface area is 128 Å². The maximum absolute atomic E-state index is 13.3. The molecule has 0 amide bonds. The largest absolute Gasteiger partial charge is 0.313 e. The van der Waals surface area contributed by atoms with Gasteiger partial charge in [-0.1, -0.05) is 34.1 Å². The highest BCUT2D eigenvalue weighted by Gasteiger charge is 2.14. The van der Waals surface area contributed by atoms with E-state index in [1.54, 1.807) is 12.1 Å². The molecule has 0 saturated heterocycles. The number of rotatable bonds is 4. The van der Waals surface area contributed by atoms with Crippen molar-refractivity contribution in [1.29, 1.82) is 0 Å². The average molecular weight is 336 g/mol. The normalized spacial score (nSPS) is 12.4. The predicted molar refractivity (Wildman–Crippen MR) is 85.5 cm³/mol. The van der Waals surface area contributed by atoms with Gasteiger partial charge in [-0.2, -0.15) is 0 Å². The monoisotopic (exact) mass is 335 g/mol. The van der Waals surface area contributed by atoms with Crippen LogP contribution in [0, 0.1) is 19.7 Å². The van der Waals surface area contributed by atoms with E-state index >= 15 is 0 Å². The summed E-state index contributed by atoms with van der Waals surface area (Å²) in [7, 11) is 1.95. The molecule has 0 aromatic heterocycles. The maximum Gasteiger partial charge on any atom is 0.123 e. The van der Waals surface area contributed by atoms with E-state index in [9.17, 15) is 4.39 Å². The highest BCUT2D eigenvalue weighted by Crippen LogP contribution is 2.27. The number of hydrogen-bond acceptors (Lipinski definition) is 1. The highest BCUT2D eigenvalue weighted by molar-refractivity contribution is 9.10. The lowest BCUT2D eigenvalue weighted by Crippen LogP contribution is -2.20. The summed E-state index contributed by atoms with van der Waals surface area (Å²) in [6.45, 7) is 4.19. The van der Waals surface area contributed by atoms with Gasteiger partial charge in [0.1, 0.15) is 5.82 Å². The van der Waals surface area contributed by atoms with Crippen LogP contribution in [0.4, 0.5) is 4.39 Å². The number of hydrogen-bond donors (Lipinski definition) is 1. The van der Waals surface area contributed by atoms with Gasteiger partial charge < -0.3 is 5.32 Å². The van der Waals surface area contributed by atoms with E-state index in [4.69, 9.17) is 0 Å². The zero-order chi connectivity index (χ0) is 14.7. The molecule has 1 nitrogen and oxygen atoms in total. The number of likely N-dealkylation sites (N-methyl/N-ethyl adjacent to an activating group) is 1. The fourth-order valence-electron chi connectivity index (χ4n) is 2.45. The minimum atomic E-state index is -0.180. The quantitative estimate of drug-likeness (QED) is 0.853. The summed E-state index contributed by atoms with van der Waals surface area (Å²) in [5.41, 5.74) is 4.71. The first kappa shape index (κ1) is 15.2. The van der Waals surface area contributed by atoms with Crippen LogP contribution in [-0.4, -0.2) is 7.05 Å². The molecule has 106 valence electrons. The Hall–Kier alpha value is -1.19. The molecule has 0 heterocycles. The molecule has 0 aliphatic carbocycles. The van der Waals surface area contributed by atoms with Gasteiger partial charge in [-0.15, -0.1) is 0 Å². The standard InChI is InChI=1S/C17H19BrFN/c1-11-8-16(18)12(2)7-15(11)17(20-3)10-13-5-4-6-14(19)9-13/h4-9,17,20H,10H2,1-3H3. The van der Waals surface area contributed by atoms with Crippen LogP contribution in [0.1, 0.15) is 28.3 Å². The van der Waals surface area contributed by atoms with E-state index in [2.05, 4.69) is 47.2 Å². The molecule has 0 bridgehead atoms. The second kappa shape index (κ2) is 6.51. The second-order valence-electron chi connectivity index (χ2n) is 5.13. The molecule has 1 atom stereocenters. The van der Waals surface area contributed by atoms with E-state index in [1.165, 1.54) is 22.8 Å². The lowest BCUT2D eigenvalue weighted by molar-refractivity contribution is 0.581. The summed E-state index contributed by atoms with van der Waals surface area (Å²) in [5.74, 6) is -0.180. The van der Waals surface area contributed by atoms with Crippen molar-refractivity contribution in [2.24, 2.45) is 0 Å². The third kappa shape index (κ3) is 3.47. The third-order valence-corrected chi connectivity index (χ3v) is 4.45. The lowest BCUT2D eigenvalue weighted by Gasteiger charge is -2.20. The van der Waals surface area contributed by atoms with E-state index in [1.807, 2.05) is 13.1 Å². The number of aryl methyl sites for hydroxylation is 2. The third-order valence-electron chi connectivity index (χ3n) is 3.60. The topological polar surface area (TPSA) is 12.0 Å². The van der Waals surface area contributed by atoms with Crippen molar-refractivity contribution in [3.05, 3.63) is 68.9 Å². The zero-order valence-electron chi connectivity index (χ0n) is 12.0. The van der Waals surface area contributed by atoms with E-state index < -0.39 is 0 Å². The number of halogens is 2. The van der Waals surface area contributed by atoms with Crippen LogP contribution in [0.25, 0.3) is 0 Å². The Balaban J connectivity index is 2.31. The molecule has 2 rings (SSSR count). The van der Waals surface area contributed by atoms with Crippen LogP contribution in [0.3, 0.4) is 0 Å². The first-order valence-electron chi connectivity index (χ1n) is 6.69. The summed E-state index contributed by atoms with van der Waals surface area (Å²) in [5, 5.41) is 3.34. The van der Waals surface area contributed by atoms with Gasteiger partial charge in [0, 0.05) is 10.5 Å². The van der Waals surface area contributed by atoms with Gasteiger partial charge in [0.25, 0.3) is 0 Å². The van der Waals surface area contributed by atoms with Crippen molar-refractivity contribution in [3.8, 4) is 0 Å². The molecule has 0 aliphatic rings. The summed E-state index contributed by atoms with van der Waals surface area (Å²) >= 11 is 3.56. The van der Waals surface area contributed by atoms with Gasteiger partial charge in [-0.05, 0) is 67.8 Å². The second-order valence-corrected chi connectivity index (χ2v) is 5.99. The van der Waals surface area contributed by atoms with E-state index in [0.717, 1.165) is 16.5 Å². The van der Waals surface area contributed by atoms with Crippen molar-refractivity contribution in [2.45, 2.75) is 26.3 Å². The molecule has 2 aromatic carbocycles. The predicted octanol–water partition coefficient (Wildman–Crippen LogP) is 4.71. The van der Waals surface area contributed by atoms with Crippen molar-refractivity contribution in [3.63, 3.8) is 0 Å². The Morgan fingerprint density at radius 1 is 1.15 bits per heavy atom. The summed E-state index contributed by atoms with van der Waals surface area (Å²) in [6, 6.07) is 11.3. The molecular formula is C17H19BrFN. The Kier molecular flexibility index (Phi) is 4.95. The molecule has 0 spiro atoms. The smallest absolute Gasteiger partial charge is 0.123 e. The zero-order valence-corrected chi connectivity index (χ0v) is 13.6. The highest BCUT2D eigenvalue weighted by atomic mass is 79.9. The molecule has 3 heteroatoms. The van der Waals surface area contributed by atoms with Gasteiger partial charge in [0.05, 0.1) is 0 Å². The molecule has 0 fully saturated rings. The Bertz CT molecular complexity index is 610. The Morgan fingerprint density at radius 3 is 2.55 bits per heavy atom. The Morgan fingerprint density at radius 2 is 1.90 bits per heavy atom. The fourth-order valence-corrected chi connectivity index (χ4v) is 2.90. The van der Waals surface area contributed by atoms with Crippen LogP contribution >= 0.6 is 15.9 Å². The fraction of sp³-hybridized carbons (Fsp3) is 0.294. The number of benzene rings is 2. The summed E-state index contributed by atoms with van der Waals surface area (Å²) in [4.78, 5) is 0. The molecule has 0 aliphatic heterocycles. The SMILES string of the molecule is CNC(Cc1cccc(F)c1)c1cc(C)c(Br)cc1C. The van der Waals surface area contributed by atoms with Crippen molar-refractivity contribution < 1.29 is 4.39 Å². The first-order valence-corrected chi connectivity index (χ1v) is 7.49. The number of nitrogens with one attached hydrogen (secondary N) is 1. The molecule has 20 heavy (non-hydrogen) atoms. The molecule has 1 N–H and O–H groups in total. The van der Waals surface area contributed by atoms with Crippen LogP contribution < -0.4 is 5.32 Å². The van der Waals surface area contributed by atoms with Crippen LogP contribution in [0.5, 0.6) is 0 Å². The van der Waals surface area contributed by atoms with Crippen molar-refractivity contribution in [2.75, 3.05) is 7.05 Å². The molecule has 2 aromatic rings. The van der Waals surface area contributed by atoms with Gasteiger partial charge in [0.2, 0.25) is 0 Å².